The van der Waals surface area contributed by atoms with Crippen molar-refractivity contribution >= 4 is 27.7 Å². The smallest absolute Gasteiger partial charge is 0.390 e. The zero-order chi connectivity index (χ0) is 15.7. The molecule has 1 aliphatic heterocycles. The summed E-state index contributed by atoms with van der Waals surface area (Å²) >= 11 is 0. The first-order chi connectivity index (χ1) is 10.5. The fourth-order valence-corrected chi connectivity index (χ4v) is 3.05. The maximum Gasteiger partial charge on any atom is 0.418 e. The Hall–Kier alpha value is -2.74. The molecule has 1 N–H and O–H groups in total. The molecule has 8 heteroatoms. The maximum atomic E-state index is 12.8. The lowest BCUT2D eigenvalue weighted by Gasteiger charge is -2.06. The number of fused-ring (bicyclic) bond motifs is 1. The first-order valence-corrected chi connectivity index (χ1v) is 7.58. The zero-order valence-corrected chi connectivity index (χ0v) is 11.8. The molecule has 112 valence electrons. The van der Waals surface area contributed by atoms with Crippen LogP contribution in [0.2, 0.25) is 0 Å². The Kier molecular flexibility index (Phi) is 3.38. The van der Waals surface area contributed by atoms with Crippen LogP contribution in [0.25, 0.3) is 0 Å². The Balaban J connectivity index is 1.79. The number of carbonyl (C=O) groups is 1. The normalized spacial score (nSPS) is 14.9. The largest absolute Gasteiger partial charge is 0.418 e. The van der Waals surface area contributed by atoms with Gasteiger partial charge in [0, 0.05) is 5.69 Å². The van der Waals surface area contributed by atoms with Crippen LogP contribution >= 0.6 is 0 Å². The minimum Gasteiger partial charge on any atom is -0.390 e. The molecule has 2 aromatic carbocycles. The third-order valence-corrected chi connectivity index (χ3v) is 4.20. The number of amides is 1. The molecular formula is C14H9FN2O4S. The van der Waals surface area contributed by atoms with E-state index in [0.29, 0.717) is 5.69 Å². The highest BCUT2D eigenvalue weighted by Gasteiger charge is 2.31. The van der Waals surface area contributed by atoms with E-state index in [1.165, 1.54) is 36.4 Å². The Morgan fingerprint density at radius 1 is 1.09 bits per heavy atom. The summed E-state index contributed by atoms with van der Waals surface area (Å²) in [7, 11) is -3.85. The number of halogens is 1. The molecule has 22 heavy (non-hydrogen) atoms. The van der Waals surface area contributed by atoms with E-state index in [9.17, 15) is 17.6 Å². The Bertz CT molecular complexity index is 876. The lowest BCUT2D eigenvalue weighted by atomic mass is 10.2. The van der Waals surface area contributed by atoms with Gasteiger partial charge in [-0.2, -0.15) is 8.42 Å². The van der Waals surface area contributed by atoms with Crippen LogP contribution in [-0.4, -0.2) is 20.4 Å². The summed E-state index contributed by atoms with van der Waals surface area (Å²) in [6.07, 6.45) is -0.919. The Morgan fingerprint density at radius 2 is 1.77 bits per heavy atom. The van der Waals surface area contributed by atoms with E-state index in [1.807, 2.05) is 0 Å². The molecule has 0 aliphatic carbocycles. The van der Waals surface area contributed by atoms with E-state index < -0.39 is 21.9 Å². The number of anilines is 1. The van der Waals surface area contributed by atoms with Gasteiger partial charge in [-0.25, -0.2) is 9.18 Å². The van der Waals surface area contributed by atoms with E-state index in [-0.39, 0.29) is 16.4 Å². The Morgan fingerprint density at radius 3 is 2.50 bits per heavy atom. The van der Waals surface area contributed by atoms with Gasteiger partial charge in [-0.3, -0.25) is 5.32 Å². The van der Waals surface area contributed by atoms with Crippen molar-refractivity contribution in [1.82, 2.24) is 0 Å². The number of sulfonamides is 1. The SMILES string of the molecule is O=C(Nc1ccc(F)cc1)OC1=NS(=O)(=O)c2ccccc21. The van der Waals surface area contributed by atoms with Gasteiger partial charge in [0.15, 0.2) is 0 Å². The second-order valence-electron chi connectivity index (χ2n) is 4.39. The van der Waals surface area contributed by atoms with Crippen LogP contribution in [-0.2, 0) is 14.8 Å². The first-order valence-electron chi connectivity index (χ1n) is 6.14. The van der Waals surface area contributed by atoms with Gasteiger partial charge in [0.1, 0.15) is 10.7 Å². The summed E-state index contributed by atoms with van der Waals surface area (Å²) in [5, 5.41) is 2.35. The van der Waals surface area contributed by atoms with Gasteiger partial charge >= 0.3 is 6.09 Å². The predicted molar refractivity (Wildman–Crippen MR) is 76.7 cm³/mol. The topological polar surface area (TPSA) is 84.8 Å². The maximum absolute atomic E-state index is 12.8. The lowest BCUT2D eigenvalue weighted by molar-refractivity contribution is 0.213. The summed E-state index contributed by atoms with van der Waals surface area (Å²) in [4.78, 5) is 11.8. The molecule has 6 nitrogen and oxygen atoms in total. The lowest BCUT2D eigenvalue weighted by Crippen LogP contribution is -2.18. The van der Waals surface area contributed by atoms with Crippen molar-refractivity contribution < 1.29 is 22.3 Å². The monoisotopic (exact) mass is 320 g/mol. The van der Waals surface area contributed by atoms with Crippen molar-refractivity contribution in [3.63, 3.8) is 0 Å². The summed E-state index contributed by atoms with van der Waals surface area (Å²) in [5.41, 5.74) is 0.526. The van der Waals surface area contributed by atoms with E-state index in [1.54, 1.807) is 12.1 Å². The van der Waals surface area contributed by atoms with E-state index >= 15 is 0 Å². The molecule has 0 radical (unpaired) electrons. The highest BCUT2D eigenvalue weighted by atomic mass is 32.2. The molecule has 0 atom stereocenters. The third kappa shape index (κ3) is 2.68. The molecule has 0 spiro atoms. The van der Waals surface area contributed by atoms with Crippen molar-refractivity contribution in [1.29, 1.82) is 0 Å². The van der Waals surface area contributed by atoms with E-state index in [0.717, 1.165) is 0 Å². The molecule has 1 heterocycles. The van der Waals surface area contributed by atoms with Gasteiger partial charge in [-0.05, 0) is 36.4 Å². The average molecular weight is 320 g/mol. The molecule has 0 saturated carbocycles. The standard InChI is InChI=1S/C14H9FN2O4S/c15-9-5-7-10(8-6-9)16-14(18)21-13-11-3-1-2-4-12(11)22(19,20)17-13/h1-8H,(H,16,18). The number of rotatable bonds is 1. The summed E-state index contributed by atoms with van der Waals surface area (Å²) in [6.45, 7) is 0. The zero-order valence-electron chi connectivity index (χ0n) is 11.0. The highest BCUT2D eigenvalue weighted by molar-refractivity contribution is 7.90. The van der Waals surface area contributed by atoms with Crippen molar-refractivity contribution in [2.24, 2.45) is 4.40 Å². The van der Waals surface area contributed by atoms with Crippen molar-refractivity contribution in [2.75, 3.05) is 5.32 Å². The van der Waals surface area contributed by atoms with Crippen molar-refractivity contribution in [3.8, 4) is 0 Å². The molecular weight excluding hydrogens is 311 g/mol. The van der Waals surface area contributed by atoms with Crippen LogP contribution in [0.1, 0.15) is 5.56 Å². The minimum absolute atomic E-state index is 0.0143. The highest BCUT2D eigenvalue weighted by Crippen LogP contribution is 2.26. The molecule has 0 saturated heterocycles. The number of nitrogens with one attached hydrogen (secondary N) is 1. The molecule has 0 fully saturated rings. The second-order valence-corrected chi connectivity index (χ2v) is 5.96. The molecule has 0 aromatic heterocycles. The number of carbonyl (C=O) groups excluding carboxylic acids is 1. The van der Waals surface area contributed by atoms with Crippen LogP contribution in [0.4, 0.5) is 14.9 Å². The van der Waals surface area contributed by atoms with Crippen LogP contribution in [0.5, 0.6) is 0 Å². The fourth-order valence-electron chi connectivity index (χ4n) is 1.91. The summed E-state index contributed by atoms with van der Waals surface area (Å²) in [5.74, 6) is -0.741. The number of nitrogens with zero attached hydrogens (tertiary/aromatic N) is 1. The average Bonchev–Trinajstić information content (AvgIpc) is 2.73. The van der Waals surface area contributed by atoms with Gasteiger partial charge in [0.25, 0.3) is 10.0 Å². The van der Waals surface area contributed by atoms with Gasteiger partial charge in [0.05, 0.1) is 5.56 Å². The molecule has 3 rings (SSSR count). The second kappa shape index (κ2) is 5.23. The summed E-state index contributed by atoms with van der Waals surface area (Å²) < 4.78 is 44.7. The van der Waals surface area contributed by atoms with E-state index in [2.05, 4.69) is 9.71 Å². The van der Waals surface area contributed by atoms with Crippen molar-refractivity contribution in [2.45, 2.75) is 4.90 Å². The molecule has 0 bridgehead atoms. The number of hydrogen-bond donors (Lipinski definition) is 1. The van der Waals surface area contributed by atoms with Crippen molar-refractivity contribution in [3.05, 3.63) is 59.9 Å². The predicted octanol–water partition coefficient (Wildman–Crippen LogP) is 2.52. The van der Waals surface area contributed by atoms with Gasteiger partial charge in [-0.1, -0.05) is 12.1 Å². The van der Waals surface area contributed by atoms with Crippen LogP contribution < -0.4 is 5.32 Å². The number of benzene rings is 2. The third-order valence-electron chi connectivity index (χ3n) is 2.88. The van der Waals surface area contributed by atoms with Crippen LogP contribution in [0.3, 0.4) is 0 Å². The summed E-state index contributed by atoms with van der Waals surface area (Å²) in [6, 6.07) is 11.1. The first kappa shape index (κ1) is 14.2. The van der Waals surface area contributed by atoms with Gasteiger partial charge < -0.3 is 4.74 Å². The number of hydrogen-bond acceptors (Lipinski definition) is 4. The molecule has 2 aromatic rings. The minimum atomic E-state index is -3.85. The van der Waals surface area contributed by atoms with Crippen LogP contribution in [0, 0.1) is 5.82 Å². The molecule has 0 unspecified atom stereocenters. The molecule has 1 amide bonds. The number of ether oxygens (including phenoxy) is 1. The fraction of sp³-hybridized carbons (Fsp3) is 0. The van der Waals surface area contributed by atoms with Gasteiger partial charge in [0.2, 0.25) is 5.90 Å². The van der Waals surface area contributed by atoms with E-state index in [4.69, 9.17) is 4.74 Å². The Labute approximate surface area is 125 Å². The van der Waals surface area contributed by atoms with Gasteiger partial charge in [-0.15, -0.1) is 4.40 Å². The molecule has 1 aliphatic rings. The quantitative estimate of drug-likeness (QED) is 0.875. The van der Waals surface area contributed by atoms with Crippen LogP contribution in [0.15, 0.2) is 57.8 Å².